The topological polar surface area (TPSA) is 12.0 Å². The van der Waals surface area contributed by atoms with Gasteiger partial charge in [0.05, 0.1) is 0 Å². The van der Waals surface area contributed by atoms with Crippen molar-refractivity contribution >= 4 is 27.5 Å². The van der Waals surface area contributed by atoms with Crippen LogP contribution in [0.1, 0.15) is 42.6 Å². The first-order valence-electron chi connectivity index (χ1n) is 6.75. The zero-order valence-electron chi connectivity index (χ0n) is 12.0. The van der Waals surface area contributed by atoms with Crippen LogP contribution in [-0.4, -0.2) is 0 Å². The van der Waals surface area contributed by atoms with Gasteiger partial charge in [0.2, 0.25) is 0 Å². The SMILES string of the molecule is Cc1ccc(C(C)NC(C)c2ccc(Br)cc2Cl)cc1. The Morgan fingerprint density at radius 1 is 1.00 bits per heavy atom. The standard InChI is InChI=1S/C17H19BrClN/c1-11-4-6-14(7-5-11)12(2)20-13(3)16-9-8-15(18)10-17(16)19/h4-10,12-13,20H,1-3H3. The Hall–Kier alpha value is -0.830. The molecule has 0 saturated heterocycles. The number of benzene rings is 2. The van der Waals surface area contributed by atoms with Crippen molar-refractivity contribution in [1.82, 2.24) is 5.32 Å². The highest BCUT2D eigenvalue weighted by Gasteiger charge is 2.13. The van der Waals surface area contributed by atoms with Crippen LogP contribution in [0.4, 0.5) is 0 Å². The molecule has 2 atom stereocenters. The summed E-state index contributed by atoms with van der Waals surface area (Å²) in [6.45, 7) is 6.42. The summed E-state index contributed by atoms with van der Waals surface area (Å²) in [4.78, 5) is 0. The first-order valence-corrected chi connectivity index (χ1v) is 7.92. The predicted octanol–water partition coefficient (Wildman–Crippen LogP) is 5.82. The van der Waals surface area contributed by atoms with Gasteiger partial charge < -0.3 is 5.32 Å². The quantitative estimate of drug-likeness (QED) is 0.730. The van der Waals surface area contributed by atoms with Crippen molar-refractivity contribution in [3.63, 3.8) is 0 Å². The van der Waals surface area contributed by atoms with Crippen molar-refractivity contribution in [2.45, 2.75) is 32.9 Å². The molecule has 2 unspecified atom stereocenters. The smallest absolute Gasteiger partial charge is 0.0464 e. The maximum absolute atomic E-state index is 6.30. The van der Waals surface area contributed by atoms with Crippen LogP contribution in [0, 0.1) is 6.92 Å². The highest BCUT2D eigenvalue weighted by atomic mass is 79.9. The van der Waals surface area contributed by atoms with Crippen LogP contribution in [0.2, 0.25) is 5.02 Å². The van der Waals surface area contributed by atoms with Gasteiger partial charge in [0.1, 0.15) is 0 Å². The largest absolute Gasteiger partial charge is 0.304 e. The molecular weight excluding hydrogens is 334 g/mol. The fourth-order valence-corrected chi connectivity index (χ4v) is 3.11. The maximum Gasteiger partial charge on any atom is 0.0464 e. The molecule has 0 radical (unpaired) electrons. The van der Waals surface area contributed by atoms with Crippen LogP contribution < -0.4 is 5.32 Å². The van der Waals surface area contributed by atoms with E-state index in [-0.39, 0.29) is 12.1 Å². The van der Waals surface area contributed by atoms with Crippen LogP contribution in [-0.2, 0) is 0 Å². The van der Waals surface area contributed by atoms with Crippen molar-refractivity contribution in [1.29, 1.82) is 0 Å². The van der Waals surface area contributed by atoms with Gasteiger partial charge >= 0.3 is 0 Å². The second kappa shape index (κ2) is 6.75. The van der Waals surface area contributed by atoms with Crippen LogP contribution in [0.15, 0.2) is 46.9 Å². The number of hydrogen-bond donors (Lipinski definition) is 1. The average Bonchev–Trinajstić information content (AvgIpc) is 2.39. The Kier molecular flexibility index (Phi) is 5.25. The van der Waals surface area contributed by atoms with Gasteiger partial charge in [-0.3, -0.25) is 0 Å². The van der Waals surface area contributed by atoms with E-state index >= 15 is 0 Å². The van der Waals surface area contributed by atoms with E-state index in [1.807, 2.05) is 12.1 Å². The Morgan fingerprint density at radius 2 is 1.65 bits per heavy atom. The first kappa shape index (κ1) is 15.6. The van der Waals surface area contributed by atoms with E-state index in [9.17, 15) is 0 Å². The van der Waals surface area contributed by atoms with E-state index < -0.39 is 0 Å². The number of nitrogens with one attached hydrogen (secondary N) is 1. The number of rotatable bonds is 4. The van der Waals surface area contributed by atoms with Crippen LogP contribution in [0.5, 0.6) is 0 Å². The summed E-state index contributed by atoms with van der Waals surface area (Å²) < 4.78 is 1.00. The first-order chi connectivity index (χ1) is 9.47. The molecule has 0 amide bonds. The maximum atomic E-state index is 6.30. The molecule has 3 heteroatoms. The summed E-state index contributed by atoms with van der Waals surface area (Å²) >= 11 is 9.74. The zero-order valence-corrected chi connectivity index (χ0v) is 14.3. The van der Waals surface area contributed by atoms with Gasteiger partial charge in [-0.15, -0.1) is 0 Å². The van der Waals surface area contributed by atoms with Crippen molar-refractivity contribution in [2.24, 2.45) is 0 Å². The molecule has 0 spiro atoms. The minimum atomic E-state index is 0.201. The summed E-state index contributed by atoms with van der Waals surface area (Å²) in [5.41, 5.74) is 3.69. The van der Waals surface area contributed by atoms with Gasteiger partial charge in [0.25, 0.3) is 0 Å². The van der Waals surface area contributed by atoms with Crippen LogP contribution >= 0.6 is 27.5 Å². The molecule has 0 aliphatic carbocycles. The lowest BCUT2D eigenvalue weighted by molar-refractivity contribution is 0.495. The van der Waals surface area contributed by atoms with Crippen molar-refractivity contribution < 1.29 is 0 Å². The van der Waals surface area contributed by atoms with Crippen LogP contribution in [0.3, 0.4) is 0 Å². The molecule has 106 valence electrons. The Morgan fingerprint density at radius 3 is 2.25 bits per heavy atom. The van der Waals surface area contributed by atoms with E-state index in [0.717, 1.165) is 15.1 Å². The number of halogens is 2. The van der Waals surface area contributed by atoms with E-state index in [1.54, 1.807) is 0 Å². The minimum absolute atomic E-state index is 0.201. The Balaban J connectivity index is 2.10. The van der Waals surface area contributed by atoms with Gasteiger partial charge in [-0.2, -0.15) is 0 Å². The lowest BCUT2D eigenvalue weighted by atomic mass is 10.0. The molecular formula is C17H19BrClN. The predicted molar refractivity (Wildman–Crippen MR) is 90.3 cm³/mol. The van der Waals surface area contributed by atoms with Crippen LogP contribution in [0.25, 0.3) is 0 Å². The van der Waals surface area contributed by atoms with Crippen molar-refractivity contribution in [3.05, 3.63) is 68.7 Å². The molecule has 0 heterocycles. The van der Waals surface area contributed by atoms with E-state index in [0.29, 0.717) is 0 Å². The van der Waals surface area contributed by atoms with Gasteiger partial charge in [0.15, 0.2) is 0 Å². The van der Waals surface area contributed by atoms with Crippen molar-refractivity contribution in [2.75, 3.05) is 0 Å². The third-order valence-corrected chi connectivity index (χ3v) is 4.33. The fraction of sp³-hybridized carbons (Fsp3) is 0.294. The third-order valence-electron chi connectivity index (χ3n) is 3.51. The molecule has 0 aliphatic rings. The zero-order chi connectivity index (χ0) is 14.7. The highest BCUT2D eigenvalue weighted by Crippen LogP contribution is 2.28. The Bertz CT molecular complexity index is 580. The summed E-state index contributed by atoms with van der Waals surface area (Å²) in [6.07, 6.45) is 0. The van der Waals surface area contributed by atoms with Gasteiger partial charge in [-0.05, 0) is 44.0 Å². The molecule has 0 bridgehead atoms. The van der Waals surface area contributed by atoms with E-state index in [4.69, 9.17) is 11.6 Å². The molecule has 1 N–H and O–H groups in total. The number of aryl methyl sites for hydroxylation is 1. The third kappa shape index (κ3) is 3.85. The molecule has 0 aromatic heterocycles. The normalized spacial score (nSPS) is 14.1. The number of hydrogen-bond acceptors (Lipinski definition) is 1. The molecule has 0 fully saturated rings. The Labute approximate surface area is 134 Å². The lowest BCUT2D eigenvalue weighted by Gasteiger charge is -2.22. The second-order valence-electron chi connectivity index (χ2n) is 5.19. The van der Waals surface area contributed by atoms with Gasteiger partial charge in [-0.25, -0.2) is 0 Å². The molecule has 1 nitrogen and oxygen atoms in total. The minimum Gasteiger partial charge on any atom is -0.304 e. The van der Waals surface area contributed by atoms with Gasteiger partial charge in [0, 0.05) is 21.6 Å². The monoisotopic (exact) mass is 351 g/mol. The highest BCUT2D eigenvalue weighted by molar-refractivity contribution is 9.10. The van der Waals surface area contributed by atoms with E-state index in [1.165, 1.54) is 11.1 Å². The summed E-state index contributed by atoms with van der Waals surface area (Å²) in [6, 6.07) is 15.1. The molecule has 2 aromatic carbocycles. The summed E-state index contributed by atoms with van der Waals surface area (Å²) in [5.74, 6) is 0. The average molecular weight is 353 g/mol. The fourth-order valence-electron chi connectivity index (χ4n) is 2.27. The molecule has 20 heavy (non-hydrogen) atoms. The molecule has 0 aliphatic heterocycles. The molecule has 2 rings (SSSR count). The summed E-state index contributed by atoms with van der Waals surface area (Å²) in [7, 11) is 0. The summed E-state index contributed by atoms with van der Waals surface area (Å²) in [5, 5.41) is 4.38. The van der Waals surface area contributed by atoms with Crippen molar-refractivity contribution in [3.8, 4) is 0 Å². The van der Waals surface area contributed by atoms with E-state index in [2.05, 4.69) is 72.3 Å². The second-order valence-corrected chi connectivity index (χ2v) is 6.51. The van der Waals surface area contributed by atoms with Gasteiger partial charge in [-0.1, -0.05) is 63.4 Å². The molecule has 2 aromatic rings. The molecule has 0 saturated carbocycles. The lowest BCUT2D eigenvalue weighted by Crippen LogP contribution is -2.22.